The van der Waals surface area contributed by atoms with Crippen LogP contribution in [0.4, 0.5) is 0 Å². The van der Waals surface area contributed by atoms with Crippen LogP contribution in [-0.4, -0.2) is 13.7 Å². The number of ether oxygens (including phenoxy) is 1. The summed E-state index contributed by atoms with van der Waals surface area (Å²) in [6.07, 6.45) is 5.96. The van der Waals surface area contributed by atoms with E-state index in [1.54, 1.807) is 7.11 Å². The molecule has 0 aromatic carbocycles. The summed E-state index contributed by atoms with van der Waals surface area (Å²) >= 11 is 0. The van der Waals surface area contributed by atoms with E-state index < -0.39 is 0 Å². The maximum atomic E-state index is 4.98. The molecule has 0 bridgehead atoms. The second-order valence-corrected chi connectivity index (χ2v) is 4.92. The Morgan fingerprint density at radius 1 is 1.29 bits per heavy atom. The van der Waals surface area contributed by atoms with Crippen LogP contribution in [0, 0.1) is 5.41 Å². The van der Waals surface area contributed by atoms with Gasteiger partial charge in [-0.2, -0.15) is 0 Å². The molecule has 0 aromatic heterocycles. The highest BCUT2D eigenvalue weighted by atomic mass is 16.5. The quantitative estimate of drug-likeness (QED) is 0.596. The highest BCUT2D eigenvalue weighted by Gasteiger charge is 2.08. The van der Waals surface area contributed by atoms with Crippen LogP contribution in [0.3, 0.4) is 0 Å². The standard InChI is InChI=1S/C12H24O.CH4/c1-11(8-10-13-5)7-6-9-12(2,3)4;/h8H,6-7,9-10H2,1-5H3;1H4/b11-8-;. The average Bonchev–Trinajstić information content (AvgIpc) is 1.98. The van der Waals surface area contributed by atoms with Crippen molar-refractivity contribution in [2.45, 2.75) is 54.4 Å². The molecule has 0 aromatic rings. The van der Waals surface area contributed by atoms with Crippen molar-refractivity contribution in [3.05, 3.63) is 11.6 Å². The van der Waals surface area contributed by atoms with Gasteiger partial charge in [-0.25, -0.2) is 0 Å². The lowest BCUT2D eigenvalue weighted by Gasteiger charge is -2.17. The third-order valence-electron chi connectivity index (χ3n) is 2.10. The van der Waals surface area contributed by atoms with Crippen molar-refractivity contribution in [2.75, 3.05) is 13.7 Å². The highest BCUT2D eigenvalue weighted by Crippen LogP contribution is 2.22. The zero-order chi connectivity index (χ0) is 10.3. The van der Waals surface area contributed by atoms with Gasteiger partial charge < -0.3 is 4.74 Å². The molecule has 0 saturated carbocycles. The number of hydrogen-bond donors (Lipinski definition) is 0. The molecule has 0 aliphatic carbocycles. The van der Waals surface area contributed by atoms with Gasteiger partial charge in [0.05, 0.1) is 6.61 Å². The summed E-state index contributed by atoms with van der Waals surface area (Å²) in [6.45, 7) is 9.81. The van der Waals surface area contributed by atoms with Crippen LogP contribution in [0.1, 0.15) is 54.4 Å². The number of rotatable bonds is 5. The summed E-state index contributed by atoms with van der Waals surface area (Å²) in [7, 11) is 1.74. The second kappa shape index (κ2) is 8.05. The van der Waals surface area contributed by atoms with E-state index in [9.17, 15) is 0 Å². The molecule has 0 N–H and O–H groups in total. The summed E-state index contributed by atoms with van der Waals surface area (Å²) in [6, 6.07) is 0. The Labute approximate surface area is 90.5 Å². The van der Waals surface area contributed by atoms with E-state index in [4.69, 9.17) is 4.74 Å². The smallest absolute Gasteiger partial charge is 0.0646 e. The fourth-order valence-electron chi connectivity index (χ4n) is 1.23. The number of hydrogen-bond acceptors (Lipinski definition) is 1. The van der Waals surface area contributed by atoms with E-state index in [-0.39, 0.29) is 7.43 Å². The minimum atomic E-state index is 0. The van der Waals surface area contributed by atoms with Crippen molar-refractivity contribution in [3.63, 3.8) is 0 Å². The Balaban J connectivity index is 0. The van der Waals surface area contributed by atoms with Crippen LogP contribution in [-0.2, 0) is 4.74 Å². The molecule has 0 unspecified atom stereocenters. The van der Waals surface area contributed by atoms with Crippen molar-refractivity contribution in [2.24, 2.45) is 5.41 Å². The highest BCUT2D eigenvalue weighted by molar-refractivity contribution is 4.97. The zero-order valence-corrected chi connectivity index (χ0v) is 9.81. The Morgan fingerprint density at radius 2 is 1.86 bits per heavy atom. The maximum Gasteiger partial charge on any atom is 0.0646 e. The maximum absolute atomic E-state index is 4.98. The molecule has 0 atom stereocenters. The molecule has 0 aliphatic heterocycles. The van der Waals surface area contributed by atoms with Gasteiger partial charge in [0.1, 0.15) is 0 Å². The molecule has 0 heterocycles. The van der Waals surface area contributed by atoms with Crippen molar-refractivity contribution in [1.82, 2.24) is 0 Å². The Morgan fingerprint density at radius 3 is 2.29 bits per heavy atom. The normalized spacial score (nSPS) is 12.5. The molecule has 1 heteroatoms. The zero-order valence-electron chi connectivity index (χ0n) is 9.81. The first-order valence-electron chi connectivity index (χ1n) is 5.10. The molecule has 86 valence electrons. The van der Waals surface area contributed by atoms with Crippen molar-refractivity contribution in [3.8, 4) is 0 Å². The lowest BCUT2D eigenvalue weighted by Crippen LogP contribution is -2.04. The predicted molar refractivity (Wildman–Crippen MR) is 65.7 cm³/mol. The summed E-state index contributed by atoms with van der Waals surface area (Å²) in [5.74, 6) is 0. The van der Waals surface area contributed by atoms with E-state index in [0.29, 0.717) is 5.41 Å². The van der Waals surface area contributed by atoms with Crippen LogP contribution in [0.15, 0.2) is 11.6 Å². The van der Waals surface area contributed by atoms with E-state index in [0.717, 1.165) is 6.61 Å². The minimum Gasteiger partial charge on any atom is -0.381 e. The van der Waals surface area contributed by atoms with Crippen LogP contribution in [0.2, 0.25) is 0 Å². The lowest BCUT2D eigenvalue weighted by atomic mass is 9.89. The number of methoxy groups -OCH3 is 1. The Hall–Kier alpha value is -0.300. The monoisotopic (exact) mass is 200 g/mol. The van der Waals surface area contributed by atoms with Crippen LogP contribution >= 0.6 is 0 Å². The van der Waals surface area contributed by atoms with E-state index >= 15 is 0 Å². The molecule has 0 spiro atoms. The fraction of sp³-hybridized carbons (Fsp3) is 0.846. The van der Waals surface area contributed by atoms with Gasteiger partial charge in [-0.3, -0.25) is 0 Å². The van der Waals surface area contributed by atoms with Crippen molar-refractivity contribution in [1.29, 1.82) is 0 Å². The summed E-state index contributed by atoms with van der Waals surface area (Å²) in [5.41, 5.74) is 1.92. The first-order valence-corrected chi connectivity index (χ1v) is 5.10. The average molecular weight is 200 g/mol. The van der Waals surface area contributed by atoms with Gasteiger partial charge in [0.15, 0.2) is 0 Å². The van der Waals surface area contributed by atoms with Gasteiger partial charge in [0, 0.05) is 7.11 Å². The molecule has 0 radical (unpaired) electrons. The summed E-state index contributed by atoms with van der Waals surface area (Å²) in [5, 5.41) is 0. The lowest BCUT2D eigenvalue weighted by molar-refractivity contribution is 0.233. The molecule has 0 aliphatic rings. The van der Waals surface area contributed by atoms with E-state index in [1.807, 2.05) is 0 Å². The number of allylic oxidation sites excluding steroid dienone is 1. The van der Waals surface area contributed by atoms with Gasteiger partial charge in [-0.1, -0.05) is 39.8 Å². The molecule has 1 nitrogen and oxygen atoms in total. The summed E-state index contributed by atoms with van der Waals surface area (Å²) in [4.78, 5) is 0. The second-order valence-electron chi connectivity index (χ2n) is 4.92. The van der Waals surface area contributed by atoms with Crippen molar-refractivity contribution < 1.29 is 4.74 Å². The molecular formula is C13H28O. The fourth-order valence-corrected chi connectivity index (χ4v) is 1.23. The first-order chi connectivity index (χ1) is 5.95. The van der Waals surface area contributed by atoms with Gasteiger partial charge in [-0.15, -0.1) is 0 Å². The van der Waals surface area contributed by atoms with Crippen LogP contribution in [0.5, 0.6) is 0 Å². The molecule has 14 heavy (non-hydrogen) atoms. The topological polar surface area (TPSA) is 9.23 Å². The molecule has 0 amide bonds. The summed E-state index contributed by atoms with van der Waals surface area (Å²) < 4.78 is 4.98. The molecule has 0 saturated heterocycles. The SMILES string of the molecule is C.COC/C=C(/C)CCCC(C)(C)C. The third kappa shape index (κ3) is 11.7. The Bertz CT molecular complexity index is 151. The van der Waals surface area contributed by atoms with Crippen LogP contribution in [0.25, 0.3) is 0 Å². The molecule has 0 rings (SSSR count). The van der Waals surface area contributed by atoms with Gasteiger partial charge >= 0.3 is 0 Å². The van der Waals surface area contributed by atoms with Crippen molar-refractivity contribution >= 4 is 0 Å². The minimum absolute atomic E-state index is 0. The van der Waals surface area contributed by atoms with Crippen LogP contribution < -0.4 is 0 Å². The van der Waals surface area contributed by atoms with Gasteiger partial charge in [0.25, 0.3) is 0 Å². The molecule has 0 fully saturated rings. The predicted octanol–water partition coefficient (Wildman–Crippen LogP) is 4.43. The van der Waals surface area contributed by atoms with Gasteiger partial charge in [-0.05, 0) is 31.6 Å². The van der Waals surface area contributed by atoms with E-state index in [2.05, 4.69) is 33.8 Å². The van der Waals surface area contributed by atoms with Gasteiger partial charge in [0.2, 0.25) is 0 Å². The first kappa shape index (κ1) is 16.1. The Kier molecular flexibility index (Phi) is 9.28. The largest absolute Gasteiger partial charge is 0.381 e. The third-order valence-corrected chi connectivity index (χ3v) is 2.10. The molecular weight excluding hydrogens is 172 g/mol. The van der Waals surface area contributed by atoms with E-state index in [1.165, 1.54) is 24.8 Å².